The van der Waals surface area contributed by atoms with Gasteiger partial charge in [0.15, 0.2) is 0 Å². The highest BCUT2D eigenvalue weighted by Gasteiger charge is 2.31. The van der Waals surface area contributed by atoms with Crippen molar-refractivity contribution in [3.63, 3.8) is 0 Å². The molecular weight excluding hydrogens is 216 g/mol. The summed E-state index contributed by atoms with van der Waals surface area (Å²) in [5.41, 5.74) is 0.333. The summed E-state index contributed by atoms with van der Waals surface area (Å²) < 4.78 is 2.30. The number of aromatic amines is 1. The van der Waals surface area contributed by atoms with Crippen LogP contribution in [0.1, 0.15) is 54.3 Å². The molecule has 0 aliphatic carbocycles. The number of nitrogens with zero attached hydrogens (tertiary/aromatic N) is 1. The van der Waals surface area contributed by atoms with Gasteiger partial charge in [-0.15, -0.1) is 0 Å². The number of carbonyl (C=O) groups is 1. The first-order valence-corrected chi connectivity index (χ1v) is 5.74. The van der Waals surface area contributed by atoms with Crippen molar-refractivity contribution < 1.29 is 14.5 Å². The van der Waals surface area contributed by atoms with Crippen LogP contribution in [0.3, 0.4) is 0 Å². The Bertz CT molecular complexity index is 335. The molecule has 4 nitrogen and oxygen atoms in total. The molecule has 1 N–H and O–H groups in total. The lowest BCUT2D eigenvalue weighted by atomic mass is 9.94. The molecular formula is C13H24N2O2. The van der Waals surface area contributed by atoms with Gasteiger partial charge in [0.25, 0.3) is 5.82 Å². The Kier molecular flexibility index (Phi) is 4.93. The van der Waals surface area contributed by atoms with Crippen molar-refractivity contribution in [3.05, 3.63) is 18.2 Å². The van der Waals surface area contributed by atoms with Gasteiger partial charge in [-0.3, -0.25) is 0 Å². The van der Waals surface area contributed by atoms with Crippen LogP contribution in [-0.2, 0) is 15.7 Å². The van der Waals surface area contributed by atoms with E-state index < -0.39 is 5.97 Å². The molecule has 0 aliphatic rings. The van der Waals surface area contributed by atoms with Crippen LogP contribution in [0.4, 0.5) is 0 Å². The number of carboxylic acids is 1. The lowest BCUT2D eigenvalue weighted by Gasteiger charge is -2.22. The van der Waals surface area contributed by atoms with Crippen molar-refractivity contribution in [1.82, 2.24) is 4.98 Å². The van der Waals surface area contributed by atoms with Crippen LogP contribution in [0.25, 0.3) is 0 Å². The second-order valence-electron chi connectivity index (χ2n) is 6.09. The van der Waals surface area contributed by atoms with Crippen LogP contribution in [0.5, 0.6) is 0 Å². The van der Waals surface area contributed by atoms with Crippen molar-refractivity contribution in [2.24, 2.45) is 0 Å². The van der Waals surface area contributed by atoms with E-state index in [1.54, 1.807) is 0 Å². The number of carbonyl (C=O) groups excluding carboxylic acids is 1. The number of carboxylic acid groups (broad SMARTS) is 1. The van der Waals surface area contributed by atoms with E-state index in [0.29, 0.717) is 0 Å². The summed E-state index contributed by atoms with van der Waals surface area (Å²) in [5, 5.41) is 8.89. The number of imidazole rings is 1. The largest absolute Gasteiger partial charge is 0.550 e. The molecule has 0 saturated heterocycles. The predicted molar refractivity (Wildman–Crippen MR) is 65.4 cm³/mol. The van der Waals surface area contributed by atoms with E-state index >= 15 is 0 Å². The molecule has 0 radical (unpaired) electrons. The molecule has 0 aromatic carbocycles. The number of nitrogens with one attached hydrogen (secondary N) is 1. The van der Waals surface area contributed by atoms with Gasteiger partial charge in [0, 0.05) is 5.97 Å². The number of H-pyrrole nitrogens is 1. The Labute approximate surface area is 104 Å². The monoisotopic (exact) mass is 240 g/mol. The van der Waals surface area contributed by atoms with Gasteiger partial charge in [0.2, 0.25) is 0 Å². The number of aromatic nitrogens is 2. The summed E-state index contributed by atoms with van der Waals surface area (Å²) >= 11 is 0. The van der Waals surface area contributed by atoms with Crippen LogP contribution in [0.2, 0.25) is 0 Å². The van der Waals surface area contributed by atoms with Crippen LogP contribution in [0.15, 0.2) is 12.4 Å². The molecule has 98 valence electrons. The first-order valence-electron chi connectivity index (χ1n) is 5.74. The van der Waals surface area contributed by atoms with Crippen molar-refractivity contribution in [3.8, 4) is 0 Å². The Hall–Kier alpha value is -1.32. The van der Waals surface area contributed by atoms with Gasteiger partial charge in [-0.05, 0) is 48.5 Å². The van der Waals surface area contributed by atoms with E-state index in [0.717, 1.165) is 6.92 Å². The normalized spacial score (nSPS) is 11.7. The second kappa shape index (κ2) is 5.34. The zero-order chi connectivity index (χ0) is 13.9. The van der Waals surface area contributed by atoms with Crippen LogP contribution in [0, 0.1) is 0 Å². The Balaban J connectivity index is 0.000000557. The van der Waals surface area contributed by atoms with Crippen LogP contribution < -0.4 is 9.67 Å². The third kappa shape index (κ3) is 5.52. The summed E-state index contributed by atoms with van der Waals surface area (Å²) in [6.45, 7) is 14.3. The molecule has 0 bridgehead atoms. The fourth-order valence-electron chi connectivity index (χ4n) is 1.47. The van der Waals surface area contributed by atoms with Crippen molar-refractivity contribution >= 4 is 5.97 Å². The molecule has 0 aliphatic heterocycles. The summed E-state index contributed by atoms with van der Waals surface area (Å²) in [6, 6.07) is 0. The number of rotatable bonds is 0. The highest BCUT2D eigenvalue weighted by molar-refractivity contribution is 5.60. The summed E-state index contributed by atoms with van der Waals surface area (Å²) in [4.78, 5) is 12.2. The van der Waals surface area contributed by atoms with Crippen molar-refractivity contribution in [2.75, 3.05) is 0 Å². The molecule has 17 heavy (non-hydrogen) atoms. The summed E-state index contributed by atoms with van der Waals surface area (Å²) in [7, 11) is 0. The fraction of sp³-hybridized carbons (Fsp3) is 0.692. The minimum absolute atomic E-state index is 0.155. The minimum Gasteiger partial charge on any atom is -0.550 e. The number of hydrogen-bond acceptors (Lipinski definition) is 2. The van der Waals surface area contributed by atoms with Gasteiger partial charge in [-0.2, -0.15) is 0 Å². The Morgan fingerprint density at radius 3 is 1.88 bits per heavy atom. The molecule has 4 heteroatoms. The predicted octanol–water partition coefficient (Wildman–Crippen LogP) is 1.11. The molecule has 0 spiro atoms. The highest BCUT2D eigenvalue weighted by atomic mass is 16.4. The first kappa shape index (κ1) is 15.7. The maximum Gasteiger partial charge on any atom is 0.260 e. The quantitative estimate of drug-likeness (QED) is 0.691. The minimum atomic E-state index is -1.08. The first-order chi connectivity index (χ1) is 7.46. The van der Waals surface area contributed by atoms with Gasteiger partial charge >= 0.3 is 0 Å². The Morgan fingerprint density at radius 2 is 1.65 bits per heavy atom. The maximum absolute atomic E-state index is 8.89. The van der Waals surface area contributed by atoms with E-state index in [9.17, 15) is 0 Å². The lowest BCUT2D eigenvalue weighted by Crippen LogP contribution is -2.54. The molecule has 0 fully saturated rings. The third-order valence-corrected chi connectivity index (χ3v) is 2.12. The molecule has 0 amide bonds. The van der Waals surface area contributed by atoms with Crippen LogP contribution >= 0.6 is 0 Å². The van der Waals surface area contributed by atoms with Gasteiger partial charge in [-0.25, -0.2) is 9.55 Å². The topological polar surface area (TPSA) is 59.8 Å². The van der Waals surface area contributed by atoms with Gasteiger partial charge in [0.05, 0.1) is 5.41 Å². The molecule has 0 saturated carbocycles. The van der Waals surface area contributed by atoms with E-state index in [4.69, 9.17) is 9.90 Å². The summed E-state index contributed by atoms with van der Waals surface area (Å²) in [6.07, 6.45) is 4.12. The average Bonchev–Trinajstić information content (AvgIpc) is 2.46. The van der Waals surface area contributed by atoms with E-state index in [-0.39, 0.29) is 11.0 Å². The van der Waals surface area contributed by atoms with Gasteiger partial charge < -0.3 is 9.90 Å². The van der Waals surface area contributed by atoms with E-state index in [1.807, 2.05) is 6.20 Å². The molecule has 1 aromatic rings. The number of aliphatic carboxylic acids is 1. The molecule has 1 aromatic heterocycles. The summed E-state index contributed by atoms with van der Waals surface area (Å²) in [5.74, 6) is 0.194. The maximum atomic E-state index is 8.89. The molecule has 0 atom stereocenters. The fourth-order valence-corrected chi connectivity index (χ4v) is 1.47. The van der Waals surface area contributed by atoms with E-state index in [1.165, 1.54) is 5.82 Å². The average molecular weight is 240 g/mol. The SMILES string of the molecule is CC(=O)[O-].CC(C)(C)c1[nH]cc[n+]1C(C)(C)C. The van der Waals surface area contributed by atoms with Crippen LogP contribution in [-0.4, -0.2) is 11.0 Å². The molecule has 0 unspecified atom stereocenters. The molecule has 1 rings (SSSR count). The van der Waals surface area contributed by atoms with Gasteiger partial charge in [0.1, 0.15) is 17.9 Å². The van der Waals surface area contributed by atoms with E-state index in [2.05, 4.69) is 57.3 Å². The van der Waals surface area contributed by atoms with Crippen molar-refractivity contribution in [2.45, 2.75) is 59.4 Å². The highest BCUT2D eigenvalue weighted by Crippen LogP contribution is 2.18. The third-order valence-electron chi connectivity index (χ3n) is 2.12. The molecule has 1 heterocycles. The Morgan fingerprint density at radius 1 is 1.24 bits per heavy atom. The zero-order valence-corrected chi connectivity index (χ0v) is 11.9. The zero-order valence-electron chi connectivity index (χ0n) is 11.9. The second-order valence-corrected chi connectivity index (χ2v) is 6.09. The van der Waals surface area contributed by atoms with Crippen molar-refractivity contribution in [1.29, 1.82) is 0 Å². The lowest BCUT2D eigenvalue weighted by molar-refractivity contribution is -0.761. The number of hydrogen-bond donors (Lipinski definition) is 1. The van der Waals surface area contributed by atoms with Gasteiger partial charge in [-0.1, -0.05) is 0 Å². The standard InChI is InChI=1S/C11H20N2.C2H4O2/c1-10(2,3)9-12-7-8-13(9)11(4,5)6;1-2(3)4/h7-8H,1-6H3;1H3,(H,3,4). The smallest absolute Gasteiger partial charge is 0.260 e.